The Labute approximate surface area is 123 Å². The van der Waals surface area contributed by atoms with Crippen molar-refractivity contribution in [1.82, 2.24) is 0 Å². The molecule has 0 fully saturated rings. The third-order valence-corrected chi connectivity index (χ3v) is 3.00. The molecule has 0 atom stereocenters. The molecule has 1 N–H and O–H groups in total. The van der Waals surface area contributed by atoms with E-state index in [0.29, 0.717) is 10.0 Å². The lowest BCUT2D eigenvalue weighted by Gasteiger charge is -2.05. The summed E-state index contributed by atoms with van der Waals surface area (Å²) in [5.74, 6) is -0.727. The van der Waals surface area contributed by atoms with E-state index in [4.69, 9.17) is 9.94 Å². The van der Waals surface area contributed by atoms with Gasteiger partial charge in [0.15, 0.2) is 5.71 Å². The Morgan fingerprint density at radius 1 is 1.55 bits per heavy atom. The average molecular weight is 345 g/mol. The van der Waals surface area contributed by atoms with E-state index in [1.54, 1.807) is 19.1 Å². The van der Waals surface area contributed by atoms with Crippen molar-refractivity contribution in [2.75, 3.05) is 6.61 Å². The molecule has 8 heteroatoms. The van der Waals surface area contributed by atoms with E-state index in [2.05, 4.69) is 21.1 Å². The number of ether oxygens (including phenoxy) is 1. The number of esters is 1. The number of nitro benzene ring substituents is 1. The van der Waals surface area contributed by atoms with Gasteiger partial charge in [-0.1, -0.05) is 27.2 Å². The molecule has 0 aromatic heterocycles. The van der Waals surface area contributed by atoms with Crippen LogP contribution in [0.1, 0.15) is 18.9 Å². The predicted octanol–water partition coefficient (Wildman–Crippen LogP) is 2.68. The molecule has 0 aliphatic carbocycles. The first-order chi connectivity index (χ1) is 9.49. The van der Waals surface area contributed by atoms with Crippen LogP contribution in [0.3, 0.4) is 0 Å². The van der Waals surface area contributed by atoms with Gasteiger partial charge in [0.05, 0.1) is 11.5 Å². The van der Waals surface area contributed by atoms with Gasteiger partial charge in [0.25, 0.3) is 5.69 Å². The summed E-state index contributed by atoms with van der Waals surface area (Å²) < 4.78 is 5.30. The Morgan fingerprint density at radius 3 is 2.80 bits per heavy atom. The Kier molecular flexibility index (Phi) is 6.10. The van der Waals surface area contributed by atoms with Crippen LogP contribution in [0.2, 0.25) is 0 Å². The summed E-state index contributed by atoms with van der Waals surface area (Å²) in [5, 5.41) is 22.6. The maximum atomic E-state index is 11.4. The van der Waals surface area contributed by atoms with E-state index in [1.807, 2.05) is 0 Å². The maximum absolute atomic E-state index is 11.4. The molecule has 0 radical (unpaired) electrons. The lowest BCUT2D eigenvalue weighted by Crippen LogP contribution is -2.18. The molecule has 0 aliphatic rings. The van der Waals surface area contributed by atoms with Crippen molar-refractivity contribution in [3.8, 4) is 0 Å². The van der Waals surface area contributed by atoms with Crippen LogP contribution < -0.4 is 0 Å². The van der Waals surface area contributed by atoms with Crippen LogP contribution in [-0.4, -0.2) is 28.4 Å². The molecule has 0 aliphatic heterocycles. The highest BCUT2D eigenvalue weighted by Crippen LogP contribution is 2.24. The summed E-state index contributed by atoms with van der Waals surface area (Å²) >= 11 is 3.16. The number of hydrogen-bond donors (Lipinski definition) is 1. The van der Waals surface area contributed by atoms with Gasteiger partial charge in [-0.2, -0.15) is 0 Å². The molecule has 0 bridgehead atoms. The van der Waals surface area contributed by atoms with E-state index in [0.717, 1.165) is 0 Å². The second-order valence-corrected chi connectivity index (χ2v) is 4.71. The van der Waals surface area contributed by atoms with Gasteiger partial charge in [-0.25, -0.2) is 4.79 Å². The summed E-state index contributed by atoms with van der Waals surface area (Å²) in [6.07, 6.45) is 0.250. The lowest BCUT2D eigenvalue weighted by atomic mass is 10.1. The van der Waals surface area contributed by atoms with Crippen molar-refractivity contribution in [3.05, 3.63) is 38.3 Å². The van der Waals surface area contributed by atoms with E-state index in [-0.39, 0.29) is 30.8 Å². The van der Waals surface area contributed by atoms with Gasteiger partial charge in [-0.15, -0.1) is 0 Å². The zero-order chi connectivity index (χ0) is 15.1. The first kappa shape index (κ1) is 16.1. The van der Waals surface area contributed by atoms with Crippen molar-refractivity contribution >= 4 is 33.3 Å². The SMILES string of the molecule is CCOC(=O)/C(CCc1ccc(Br)cc1[N+](=O)[O-])=N/O. The molecule has 1 rings (SSSR count). The number of oxime groups is 1. The number of carbonyl (C=O) groups excluding carboxylic acids is 1. The predicted molar refractivity (Wildman–Crippen MR) is 75.0 cm³/mol. The molecule has 0 unspecified atom stereocenters. The Bertz CT molecular complexity index is 545. The maximum Gasteiger partial charge on any atom is 0.356 e. The fourth-order valence-corrected chi connectivity index (χ4v) is 1.93. The average Bonchev–Trinajstić information content (AvgIpc) is 2.41. The summed E-state index contributed by atoms with van der Waals surface area (Å²) in [6, 6.07) is 4.64. The molecule has 0 saturated heterocycles. The smallest absolute Gasteiger partial charge is 0.356 e. The Hall–Kier alpha value is -1.96. The largest absolute Gasteiger partial charge is 0.461 e. The van der Waals surface area contributed by atoms with E-state index >= 15 is 0 Å². The minimum absolute atomic E-state index is 0.0534. The highest BCUT2D eigenvalue weighted by molar-refractivity contribution is 9.10. The first-order valence-electron chi connectivity index (χ1n) is 5.80. The Balaban J connectivity index is 2.84. The summed E-state index contributed by atoms with van der Waals surface area (Å²) in [6.45, 7) is 1.79. The summed E-state index contributed by atoms with van der Waals surface area (Å²) in [7, 11) is 0. The van der Waals surface area contributed by atoms with Crippen LogP contribution in [0.4, 0.5) is 5.69 Å². The first-order valence-corrected chi connectivity index (χ1v) is 6.59. The van der Waals surface area contributed by atoms with Gasteiger partial charge in [0.2, 0.25) is 0 Å². The highest BCUT2D eigenvalue weighted by Gasteiger charge is 2.18. The molecule has 0 amide bonds. The fraction of sp³-hybridized carbons (Fsp3) is 0.333. The zero-order valence-corrected chi connectivity index (χ0v) is 12.3. The number of benzene rings is 1. The van der Waals surface area contributed by atoms with E-state index in [9.17, 15) is 14.9 Å². The van der Waals surface area contributed by atoms with Gasteiger partial charge < -0.3 is 9.94 Å². The highest BCUT2D eigenvalue weighted by atomic mass is 79.9. The van der Waals surface area contributed by atoms with Crippen molar-refractivity contribution < 1.29 is 19.7 Å². The molecular formula is C12H13BrN2O5. The van der Waals surface area contributed by atoms with Crippen molar-refractivity contribution in [2.45, 2.75) is 19.8 Å². The monoisotopic (exact) mass is 344 g/mol. The number of hydrogen-bond acceptors (Lipinski definition) is 6. The summed E-state index contributed by atoms with van der Waals surface area (Å²) in [5.41, 5.74) is 0.230. The second kappa shape index (κ2) is 7.59. The quantitative estimate of drug-likeness (QED) is 0.281. The molecule has 0 saturated carbocycles. The molecular weight excluding hydrogens is 332 g/mol. The van der Waals surface area contributed by atoms with Gasteiger partial charge >= 0.3 is 5.97 Å². The molecule has 1 aromatic rings. The topological polar surface area (TPSA) is 102 Å². The van der Waals surface area contributed by atoms with E-state index < -0.39 is 10.9 Å². The third kappa shape index (κ3) is 4.30. The van der Waals surface area contributed by atoms with Crippen molar-refractivity contribution in [3.63, 3.8) is 0 Å². The number of nitro groups is 1. The third-order valence-electron chi connectivity index (χ3n) is 2.51. The molecule has 1 aromatic carbocycles. The fourth-order valence-electron chi connectivity index (χ4n) is 1.58. The minimum atomic E-state index is -0.727. The van der Waals surface area contributed by atoms with Gasteiger partial charge in [0, 0.05) is 22.5 Å². The normalized spacial score (nSPS) is 11.2. The molecule has 0 heterocycles. The number of carbonyl (C=O) groups is 1. The van der Waals surface area contributed by atoms with Gasteiger partial charge in [0.1, 0.15) is 0 Å². The second-order valence-electron chi connectivity index (χ2n) is 3.80. The molecule has 108 valence electrons. The minimum Gasteiger partial charge on any atom is -0.461 e. The Morgan fingerprint density at radius 2 is 2.25 bits per heavy atom. The van der Waals surface area contributed by atoms with Crippen LogP contribution in [-0.2, 0) is 16.0 Å². The van der Waals surface area contributed by atoms with Crippen LogP contribution in [0.5, 0.6) is 0 Å². The van der Waals surface area contributed by atoms with Gasteiger partial charge in [-0.3, -0.25) is 10.1 Å². The summed E-state index contributed by atoms with van der Waals surface area (Å²) in [4.78, 5) is 21.9. The van der Waals surface area contributed by atoms with E-state index in [1.165, 1.54) is 6.07 Å². The van der Waals surface area contributed by atoms with Crippen LogP contribution in [0.25, 0.3) is 0 Å². The number of halogens is 1. The van der Waals surface area contributed by atoms with Crippen LogP contribution >= 0.6 is 15.9 Å². The van der Waals surface area contributed by atoms with Crippen LogP contribution in [0.15, 0.2) is 27.8 Å². The molecule has 20 heavy (non-hydrogen) atoms. The molecule has 0 spiro atoms. The van der Waals surface area contributed by atoms with Gasteiger partial charge in [-0.05, 0) is 19.4 Å². The molecule has 7 nitrogen and oxygen atoms in total. The number of nitrogens with zero attached hydrogens (tertiary/aromatic N) is 2. The number of rotatable bonds is 6. The van der Waals surface area contributed by atoms with Crippen LogP contribution in [0, 0.1) is 10.1 Å². The number of aryl methyl sites for hydroxylation is 1. The zero-order valence-electron chi connectivity index (χ0n) is 10.7. The van der Waals surface area contributed by atoms with Crippen molar-refractivity contribution in [2.24, 2.45) is 5.16 Å². The lowest BCUT2D eigenvalue weighted by molar-refractivity contribution is -0.385. The standard InChI is InChI=1S/C12H13BrN2O5/c1-2-20-12(16)10(14-17)6-4-8-3-5-9(13)7-11(8)15(18)19/h3,5,7,17H,2,4,6H2,1H3/b14-10+. The van der Waals surface area contributed by atoms with Crippen molar-refractivity contribution in [1.29, 1.82) is 0 Å².